The van der Waals surface area contributed by atoms with E-state index in [1.54, 1.807) is 24.3 Å². The average Bonchev–Trinajstić information content (AvgIpc) is 3.20. The van der Waals surface area contributed by atoms with E-state index in [-0.39, 0.29) is 4.90 Å². The van der Waals surface area contributed by atoms with Crippen molar-refractivity contribution in [2.75, 3.05) is 11.0 Å². The molecule has 0 amide bonds. The summed E-state index contributed by atoms with van der Waals surface area (Å²) in [7, 11) is -7.34. The molecule has 10 heteroatoms. The zero-order valence-electron chi connectivity index (χ0n) is 17.9. The number of halogens is 1. The molecule has 0 unspecified atom stereocenters. The summed E-state index contributed by atoms with van der Waals surface area (Å²) in [6, 6.07) is 19.8. The van der Waals surface area contributed by atoms with Gasteiger partial charge in [-0.25, -0.2) is 8.42 Å². The van der Waals surface area contributed by atoms with Crippen LogP contribution in [0, 0.1) is 6.92 Å². The number of sulfonamides is 2. The van der Waals surface area contributed by atoms with Crippen LogP contribution < -0.4 is 4.72 Å². The third kappa shape index (κ3) is 5.05. The van der Waals surface area contributed by atoms with E-state index in [0.29, 0.717) is 28.4 Å². The van der Waals surface area contributed by atoms with Gasteiger partial charge in [-0.2, -0.15) is 17.9 Å². The summed E-state index contributed by atoms with van der Waals surface area (Å²) in [6.45, 7) is 1.94. The first-order valence-electron chi connectivity index (χ1n) is 10.1. The van der Waals surface area contributed by atoms with Crippen molar-refractivity contribution in [3.63, 3.8) is 0 Å². The van der Waals surface area contributed by atoms with E-state index < -0.39 is 26.1 Å². The molecule has 0 bridgehead atoms. The predicted molar refractivity (Wildman–Crippen MR) is 130 cm³/mol. The first kappa shape index (κ1) is 23.3. The van der Waals surface area contributed by atoms with E-state index in [4.69, 9.17) is 11.6 Å². The molecule has 1 N–H and O–H groups in total. The molecule has 3 aromatic rings. The lowest BCUT2D eigenvalue weighted by molar-refractivity contribution is 0.370. The van der Waals surface area contributed by atoms with Gasteiger partial charge in [0.1, 0.15) is 0 Å². The first-order valence-corrected chi connectivity index (χ1v) is 13.8. The summed E-state index contributed by atoms with van der Waals surface area (Å²) in [6.07, 6.45) is 1.45. The molecule has 172 valence electrons. The Morgan fingerprint density at radius 1 is 0.939 bits per heavy atom. The largest absolute Gasteiger partial charge is 0.284 e. The van der Waals surface area contributed by atoms with Crippen molar-refractivity contribution < 1.29 is 16.8 Å². The maximum atomic E-state index is 13.5. The van der Waals surface area contributed by atoms with E-state index in [2.05, 4.69) is 9.82 Å². The molecule has 0 saturated heterocycles. The summed E-state index contributed by atoms with van der Waals surface area (Å²) < 4.78 is 53.6. The molecule has 7 nitrogen and oxygen atoms in total. The number of rotatable bonds is 6. The Morgan fingerprint density at radius 3 is 2.18 bits per heavy atom. The molecule has 4 rings (SSSR count). The topological polar surface area (TPSA) is 95.9 Å². The van der Waals surface area contributed by atoms with Crippen LogP contribution in [-0.2, 0) is 20.0 Å². The van der Waals surface area contributed by atoms with Gasteiger partial charge in [-0.15, -0.1) is 0 Å². The molecule has 0 fully saturated rings. The highest BCUT2D eigenvalue weighted by molar-refractivity contribution is 7.92. The lowest BCUT2D eigenvalue weighted by Gasteiger charge is -2.24. The SMILES string of the molecule is Cc1ccccc1[C@@H]1CC(c2ccc(NS(C)(=O)=O)cc2)=NN1S(=O)(=O)c1ccc(Cl)cc1. The molecule has 1 aliphatic heterocycles. The second-order valence-corrected chi connectivity index (χ2v) is 11.8. The first-order chi connectivity index (χ1) is 15.5. The second-order valence-electron chi connectivity index (χ2n) is 7.81. The van der Waals surface area contributed by atoms with Crippen LogP contribution in [0.1, 0.15) is 29.2 Å². The monoisotopic (exact) mass is 503 g/mol. The highest BCUT2D eigenvalue weighted by Crippen LogP contribution is 2.38. The number of hydrogen-bond donors (Lipinski definition) is 1. The normalized spacial score (nSPS) is 16.5. The smallest absolute Gasteiger partial charge is 0.279 e. The van der Waals surface area contributed by atoms with E-state index in [1.807, 2.05) is 31.2 Å². The van der Waals surface area contributed by atoms with Crippen molar-refractivity contribution in [3.05, 3.63) is 94.5 Å². The minimum Gasteiger partial charge on any atom is -0.284 e. The van der Waals surface area contributed by atoms with E-state index in [9.17, 15) is 16.8 Å². The van der Waals surface area contributed by atoms with Gasteiger partial charge in [0, 0.05) is 17.1 Å². The zero-order valence-corrected chi connectivity index (χ0v) is 20.3. The molecule has 0 spiro atoms. The molecule has 0 radical (unpaired) electrons. The van der Waals surface area contributed by atoms with Gasteiger partial charge in [0.05, 0.1) is 22.9 Å². The van der Waals surface area contributed by atoms with Crippen molar-refractivity contribution in [3.8, 4) is 0 Å². The highest BCUT2D eigenvalue weighted by atomic mass is 35.5. The fraction of sp³-hybridized carbons (Fsp3) is 0.174. The minimum absolute atomic E-state index is 0.100. The lowest BCUT2D eigenvalue weighted by atomic mass is 9.96. The molecule has 1 aliphatic rings. The standard InChI is InChI=1S/C23H22ClN3O4S2/c1-16-5-3-4-6-21(16)23-15-22(17-7-11-19(12-8-17)26-32(2,28)29)25-27(23)33(30,31)20-13-9-18(24)10-14-20/h3-14,23,26H,15H2,1-2H3/t23-/m0/s1. The number of hydrazone groups is 1. The Morgan fingerprint density at radius 2 is 1.58 bits per heavy atom. The lowest BCUT2D eigenvalue weighted by Crippen LogP contribution is -2.27. The number of nitrogens with one attached hydrogen (secondary N) is 1. The fourth-order valence-electron chi connectivity index (χ4n) is 3.74. The van der Waals surface area contributed by atoms with Gasteiger partial charge >= 0.3 is 0 Å². The molecule has 1 atom stereocenters. The number of benzene rings is 3. The Kier molecular flexibility index (Phi) is 6.22. The predicted octanol–water partition coefficient (Wildman–Crippen LogP) is 4.56. The summed E-state index contributed by atoms with van der Waals surface area (Å²) in [4.78, 5) is 0.100. The number of hydrogen-bond acceptors (Lipinski definition) is 5. The van der Waals surface area contributed by atoms with Crippen molar-refractivity contribution >= 4 is 43.0 Å². The zero-order chi connectivity index (χ0) is 23.8. The molecule has 0 saturated carbocycles. The number of aryl methyl sites for hydroxylation is 1. The third-order valence-corrected chi connectivity index (χ3v) is 7.85. The molecular formula is C23H22ClN3O4S2. The van der Waals surface area contributed by atoms with Gasteiger partial charge < -0.3 is 0 Å². The summed E-state index contributed by atoms with van der Waals surface area (Å²) >= 11 is 5.94. The second kappa shape index (κ2) is 8.81. The van der Waals surface area contributed by atoms with Crippen LogP contribution in [0.4, 0.5) is 5.69 Å². The maximum Gasteiger partial charge on any atom is 0.279 e. The van der Waals surface area contributed by atoms with Crippen molar-refractivity contribution in [2.45, 2.75) is 24.3 Å². The van der Waals surface area contributed by atoms with E-state index in [0.717, 1.165) is 21.8 Å². The molecule has 1 heterocycles. The molecule has 3 aromatic carbocycles. The summed E-state index contributed by atoms with van der Waals surface area (Å²) in [5, 5.41) is 4.96. The van der Waals surface area contributed by atoms with Gasteiger partial charge in [-0.3, -0.25) is 4.72 Å². The molecule has 0 aliphatic carbocycles. The van der Waals surface area contributed by atoms with Crippen LogP contribution in [0.5, 0.6) is 0 Å². The quantitative estimate of drug-likeness (QED) is 0.533. The number of anilines is 1. The Labute approximate surface area is 198 Å². The fourth-order valence-corrected chi connectivity index (χ4v) is 5.85. The van der Waals surface area contributed by atoms with Gasteiger partial charge in [0.15, 0.2) is 0 Å². The summed E-state index contributed by atoms with van der Waals surface area (Å²) in [5.74, 6) is 0. The van der Waals surface area contributed by atoms with Crippen molar-refractivity contribution in [2.24, 2.45) is 5.10 Å². The average molecular weight is 504 g/mol. The Hall–Kier alpha value is -2.88. The van der Waals surface area contributed by atoms with Crippen LogP contribution >= 0.6 is 11.6 Å². The highest BCUT2D eigenvalue weighted by Gasteiger charge is 2.38. The van der Waals surface area contributed by atoms with Crippen molar-refractivity contribution in [1.82, 2.24) is 4.41 Å². The van der Waals surface area contributed by atoms with Crippen LogP contribution in [0.15, 0.2) is 82.8 Å². The molecule has 0 aromatic heterocycles. The van der Waals surface area contributed by atoms with E-state index in [1.165, 1.54) is 24.3 Å². The van der Waals surface area contributed by atoms with Gasteiger partial charge in [0.25, 0.3) is 10.0 Å². The van der Waals surface area contributed by atoms with Crippen LogP contribution in [0.3, 0.4) is 0 Å². The van der Waals surface area contributed by atoms with Crippen molar-refractivity contribution in [1.29, 1.82) is 0 Å². The molecule has 33 heavy (non-hydrogen) atoms. The van der Waals surface area contributed by atoms with Crippen LogP contribution in [-0.4, -0.2) is 33.2 Å². The summed E-state index contributed by atoms with van der Waals surface area (Å²) in [5.41, 5.74) is 3.54. The van der Waals surface area contributed by atoms with Gasteiger partial charge in [0.2, 0.25) is 10.0 Å². The van der Waals surface area contributed by atoms with Gasteiger partial charge in [-0.05, 0) is 60.0 Å². The minimum atomic E-state index is -3.95. The third-order valence-electron chi connectivity index (χ3n) is 5.30. The van der Waals surface area contributed by atoms with Crippen LogP contribution in [0.25, 0.3) is 0 Å². The molecular weight excluding hydrogens is 482 g/mol. The van der Waals surface area contributed by atoms with Gasteiger partial charge in [-0.1, -0.05) is 48.0 Å². The maximum absolute atomic E-state index is 13.5. The van der Waals surface area contributed by atoms with E-state index >= 15 is 0 Å². The Balaban J connectivity index is 1.75. The number of nitrogens with zero attached hydrogens (tertiary/aromatic N) is 2. The van der Waals surface area contributed by atoms with Crippen LogP contribution in [0.2, 0.25) is 5.02 Å². The Bertz CT molecular complexity index is 1420.